The monoisotopic (exact) mass is 267 g/mol. The van der Waals surface area contributed by atoms with Crippen LogP contribution in [0.5, 0.6) is 0 Å². The molecule has 0 spiro atoms. The number of benzene rings is 1. The summed E-state index contributed by atoms with van der Waals surface area (Å²) in [5.74, 6) is 0.700. The molecule has 1 aromatic rings. The van der Waals surface area contributed by atoms with Crippen LogP contribution in [0, 0.1) is 32.1 Å². The normalized spacial score (nSPS) is 29.4. The minimum absolute atomic E-state index is 0.332. The van der Waals surface area contributed by atoms with Crippen molar-refractivity contribution in [2.75, 3.05) is 0 Å². The number of hydrogen-bond acceptors (Lipinski definition) is 1. The topological polar surface area (TPSA) is 12.4 Å². The summed E-state index contributed by atoms with van der Waals surface area (Å²) in [5.41, 5.74) is 6.87. The van der Waals surface area contributed by atoms with Gasteiger partial charge in [-0.1, -0.05) is 42.7 Å². The maximum absolute atomic E-state index is 4.91. The molecular formula is C19H25N. The first-order valence-electron chi connectivity index (χ1n) is 7.82. The Labute approximate surface area is 122 Å². The number of fused-ring (bicyclic) bond motifs is 1. The molecule has 3 rings (SSSR count). The van der Waals surface area contributed by atoms with Crippen LogP contribution in [-0.2, 0) is 0 Å². The quantitative estimate of drug-likeness (QED) is 0.499. The highest BCUT2D eigenvalue weighted by molar-refractivity contribution is 5.75. The average Bonchev–Trinajstić information content (AvgIpc) is 2.36. The minimum Gasteiger partial charge on any atom is -0.260 e. The predicted octanol–water partition coefficient (Wildman–Crippen LogP) is 5.45. The molecule has 0 aliphatic heterocycles. The van der Waals surface area contributed by atoms with Crippen molar-refractivity contribution in [1.29, 1.82) is 0 Å². The molecule has 0 heterocycles. The number of aryl methyl sites for hydroxylation is 3. The van der Waals surface area contributed by atoms with E-state index in [-0.39, 0.29) is 0 Å². The van der Waals surface area contributed by atoms with Gasteiger partial charge in [-0.25, -0.2) is 0 Å². The van der Waals surface area contributed by atoms with E-state index in [9.17, 15) is 0 Å². The Balaban J connectivity index is 1.89. The van der Waals surface area contributed by atoms with E-state index in [1.54, 1.807) is 0 Å². The fourth-order valence-corrected chi connectivity index (χ4v) is 4.27. The van der Waals surface area contributed by atoms with E-state index in [0.29, 0.717) is 11.3 Å². The fourth-order valence-electron chi connectivity index (χ4n) is 4.27. The molecule has 0 aromatic heterocycles. The molecule has 106 valence electrons. The van der Waals surface area contributed by atoms with Crippen molar-refractivity contribution >= 4 is 11.9 Å². The Kier molecular flexibility index (Phi) is 3.32. The maximum Gasteiger partial charge on any atom is 0.0684 e. The lowest BCUT2D eigenvalue weighted by Crippen LogP contribution is -2.45. The molecule has 1 heteroatoms. The number of rotatable bonds is 2. The second-order valence-corrected chi connectivity index (χ2v) is 6.87. The van der Waals surface area contributed by atoms with Gasteiger partial charge in [-0.2, -0.15) is 0 Å². The van der Waals surface area contributed by atoms with E-state index in [0.717, 1.165) is 6.42 Å². The largest absolute Gasteiger partial charge is 0.260 e. The lowest BCUT2D eigenvalue weighted by Gasteiger charge is -2.52. The molecule has 0 amide bonds. The number of hydrogen-bond donors (Lipinski definition) is 0. The molecule has 0 radical (unpaired) electrons. The first-order chi connectivity index (χ1) is 9.52. The van der Waals surface area contributed by atoms with Crippen LogP contribution >= 0.6 is 0 Å². The summed E-state index contributed by atoms with van der Waals surface area (Å²) >= 11 is 0. The minimum atomic E-state index is 0.332. The van der Waals surface area contributed by atoms with Crippen molar-refractivity contribution in [2.45, 2.75) is 52.9 Å². The molecule has 1 nitrogen and oxygen atoms in total. The van der Waals surface area contributed by atoms with Crippen LogP contribution in [0.1, 0.15) is 48.8 Å². The molecule has 0 bridgehead atoms. The van der Waals surface area contributed by atoms with Crippen molar-refractivity contribution in [2.24, 2.45) is 16.3 Å². The highest BCUT2D eigenvalue weighted by Gasteiger charge is 2.49. The van der Waals surface area contributed by atoms with E-state index in [1.807, 2.05) is 0 Å². The standard InChI is InChI=1S/C19H25N/c1-13-9-14(2)18(15(3)10-13)20-12-19-8-6-5-7-17(19)16(4)11-19/h9-10,12,17H,4-8,11H2,1-3H3. The lowest BCUT2D eigenvalue weighted by atomic mass is 9.52. The first kappa shape index (κ1) is 13.6. The van der Waals surface area contributed by atoms with Crippen molar-refractivity contribution in [3.8, 4) is 0 Å². The van der Waals surface area contributed by atoms with Gasteiger partial charge in [0.2, 0.25) is 0 Å². The van der Waals surface area contributed by atoms with Gasteiger partial charge in [-0.15, -0.1) is 0 Å². The van der Waals surface area contributed by atoms with E-state index in [1.165, 1.54) is 53.6 Å². The summed E-state index contributed by atoms with van der Waals surface area (Å²) in [7, 11) is 0. The zero-order valence-corrected chi connectivity index (χ0v) is 13.0. The van der Waals surface area contributed by atoms with Crippen LogP contribution in [0.25, 0.3) is 0 Å². The lowest BCUT2D eigenvalue weighted by molar-refractivity contribution is 0.134. The zero-order chi connectivity index (χ0) is 14.3. The average molecular weight is 267 g/mol. The molecule has 2 atom stereocenters. The summed E-state index contributed by atoms with van der Waals surface area (Å²) in [6.45, 7) is 10.7. The molecule has 20 heavy (non-hydrogen) atoms. The molecule has 2 fully saturated rings. The summed E-state index contributed by atoms with van der Waals surface area (Å²) in [4.78, 5) is 4.91. The van der Waals surface area contributed by atoms with Gasteiger partial charge in [-0.3, -0.25) is 4.99 Å². The molecule has 0 N–H and O–H groups in total. The smallest absolute Gasteiger partial charge is 0.0684 e. The molecular weight excluding hydrogens is 242 g/mol. The van der Waals surface area contributed by atoms with Crippen molar-refractivity contribution in [3.63, 3.8) is 0 Å². The second-order valence-electron chi connectivity index (χ2n) is 6.87. The van der Waals surface area contributed by atoms with Gasteiger partial charge in [0.15, 0.2) is 0 Å². The van der Waals surface area contributed by atoms with Gasteiger partial charge in [0.1, 0.15) is 0 Å². The van der Waals surface area contributed by atoms with Gasteiger partial charge >= 0.3 is 0 Å². The molecule has 1 aromatic carbocycles. The van der Waals surface area contributed by atoms with Gasteiger partial charge in [0.05, 0.1) is 5.69 Å². The predicted molar refractivity (Wildman–Crippen MR) is 87.0 cm³/mol. The summed E-state index contributed by atoms with van der Waals surface area (Å²) in [5, 5.41) is 0. The van der Waals surface area contributed by atoms with Crippen LogP contribution in [0.2, 0.25) is 0 Å². The second kappa shape index (κ2) is 4.87. The van der Waals surface area contributed by atoms with Crippen LogP contribution in [-0.4, -0.2) is 6.21 Å². The summed E-state index contributed by atoms with van der Waals surface area (Å²) in [6, 6.07) is 4.46. The number of allylic oxidation sites excluding steroid dienone is 1. The fraction of sp³-hybridized carbons (Fsp3) is 0.526. The molecule has 2 aliphatic carbocycles. The number of nitrogens with zero attached hydrogens (tertiary/aromatic N) is 1. The van der Waals surface area contributed by atoms with Crippen molar-refractivity contribution in [3.05, 3.63) is 41.0 Å². The van der Waals surface area contributed by atoms with Gasteiger partial charge in [-0.05, 0) is 57.1 Å². The summed E-state index contributed by atoms with van der Waals surface area (Å²) < 4.78 is 0. The van der Waals surface area contributed by atoms with Gasteiger partial charge < -0.3 is 0 Å². The van der Waals surface area contributed by atoms with Crippen molar-refractivity contribution in [1.82, 2.24) is 0 Å². The van der Waals surface area contributed by atoms with Crippen LogP contribution < -0.4 is 0 Å². The third kappa shape index (κ3) is 2.13. The Morgan fingerprint density at radius 2 is 1.90 bits per heavy atom. The maximum atomic E-state index is 4.91. The van der Waals surface area contributed by atoms with Crippen LogP contribution in [0.4, 0.5) is 5.69 Å². The van der Waals surface area contributed by atoms with Crippen molar-refractivity contribution < 1.29 is 0 Å². The van der Waals surface area contributed by atoms with Gasteiger partial charge in [0, 0.05) is 11.6 Å². The van der Waals surface area contributed by atoms with E-state index in [4.69, 9.17) is 4.99 Å². The van der Waals surface area contributed by atoms with E-state index >= 15 is 0 Å². The third-order valence-electron chi connectivity index (χ3n) is 5.21. The van der Waals surface area contributed by atoms with Gasteiger partial charge in [0.25, 0.3) is 0 Å². The molecule has 2 aliphatic rings. The summed E-state index contributed by atoms with van der Waals surface area (Å²) in [6.07, 6.45) is 8.76. The Morgan fingerprint density at radius 3 is 2.55 bits per heavy atom. The van der Waals surface area contributed by atoms with Crippen LogP contribution in [0.3, 0.4) is 0 Å². The Bertz CT molecular complexity index is 558. The third-order valence-corrected chi connectivity index (χ3v) is 5.21. The molecule has 0 saturated heterocycles. The Morgan fingerprint density at radius 1 is 1.20 bits per heavy atom. The molecule has 2 unspecified atom stereocenters. The molecule has 2 saturated carbocycles. The van der Waals surface area contributed by atoms with E-state index in [2.05, 4.69) is 45.7 Å². The highest BCUT2D eigenvalue weighted by Crippen LogP contribution is 2.57. The first-order valence-corrected chi connectivity index (χ1v) is 7.82. The Hall–Kier alpha value is -1.37. The highest BCUT2D eigenvalue weighted by atomic mass is 14.8. The van der Waals surface area contributed by atoms with Crippen LogP contribution in [0.15, 0.2) is 29.3 Å². The number of aliphatic imine (C=N–C) groups is 1. The zero-order valence-electron chi connectivity index (χ0n) is 13.0. The SMILES string of the molecule is C=C1CC2(C=Nc3c(C)cc(C)cc3C)CCCCC12. The van der Waals surface area contributed by atoms with E-state index < -0.39 is 0 Å².